The first-order valence-corrected chi connectivity index (χ1v) is 9.54. The molecule has 0 radical (unpaired) electrons. The minimum Gasteiger partial charge on any atom is -0.0693 e. The van der Waals surface area contributed by atoms with Crippen LogP contribution >= 0.6 is 0 Å². The van der Waals surface area contributed by atoms with E-state index < -0.39 is 8.07 Å². The first-order chi connectivity index (χ1) is 6.12. The fraction of sp³-hybridized carbons (Fsp3) is 1.00. The first-order valence-electron chi connectivity index (χ1n) is 6.12. The largest absolute Gasteiger partial charge is 0.0693 e. The van der Waals surface area contributed by atoms with Crippen LogP contribution in [0.2, 0.25) is 25.2 Å². The van der Waals surface area contributed by atoms with Crippen molar-refractivity contribution < 1.29 is 0 Å². The lowest BCUT2D eigenvalue weighted by Crippen LogP contribution is -2.24. The van der Waals surface area contributed by atoms with Gasteiger partial charge in [0.15, 0.2) is 0 Å². The van der Waals surface area contributed by atoms with Crippen molar-refractivity contribution in [2.24, 2.45) is 0 Å². The summed E-state index contributed by atoms with van der Waals surface area (Å²) in [7, 11) is -0.774. The van der Waals surface area contributed by atoms with E-state index in [1.54, 1.807) is 12.1 Å². The molecule has 0 N–H and O–H groups in total. The molecule has 0 fully saturated rings. The van der Waals surface area contributed by atoms with Gasteiger partial charge in [0.25, 0.3) is 0 Å². The van der Waals surface area contributed by atoms with Gasteiger partial charge in [0.05, 0.1) is 0 Å². The monoisotopic (exact) mass is 200 g/mol. The molecule has 0 bridgehead atoms. The molecular weight excluding hydrogens is 172 g/mol. The van der Waals surface area contributed by atoms with Crippen LogP contribution in [0, 0.1) is 0 Å². The second-order valence-electron chi connectivity index (χ2n) is 5.08. The van der Waals surface area contributed by atoms with Crippen LogP contribution in [-0.2, 0) is 0 Å². The molecule has 0 aliphatic carbocycles. The van der Waals surface area contributed by atoms with Gasteiger partial charge in [-0.2, -0.15) is 0 Å². The smallest absolute Gasteiger partial charge is 0.0473 e. The molecule has 0 nitrogen and oxygen atoms in total. The van der Waals surface area contributed by atoms with Gasteiger partial charge < -0.3 is 0 Å². The number of hydrogen-bond donors (Lipinski definition) is 0. The third-order valence-electron chi connectivity index (χ3n) is 2.91. The Morgan fingerprint density at radius 2 is 1.23 bits per heavy atom. The van der Waals surface area contributed by atoms with E-state index in [9.17, 15) is 0 Å². The van der Waals surface area contributed by atoms with Crippen LogP contribution in [-0.4, -0.2) is 8.07 Å². The molecule has 0 saturated heterocycles. The van der Waals surface area contributed by atoms with Crippen LogP contribution in [0.15, 0.2) is 0 Å². The zero-order valence-electron chi connectivity index (χ0n) is 10.2. The molecule has 0 aromatic rings. The molecule has 0 unspecified atom stereocenters. The van der Waals surface area contributed by atoms with Crippen LogP contribution in [0.1, 0.15) is 52.4 Å². The van der Waals surface area contributed by atoms with Crippen molar-refractivity contribution >= 4 is 8.07 Å². The van der Waals surface area contributed by atoms with Crippen molar-refractivity contribution in [3.63, 3.8) is 0 Å². The van der Waals surface area contributed by atoms with Crippen molar-refractivity contribution in [1.29, 1.82) is 0 Å². The summed E-state index contributed by atoms with van der Waals surface area (Å²) in [5.74, 6) is 0. The van der Waals surface area contributed by atoms with Gasteiger partial charge in [-0.3, -0.25) is 0 Å². The van der Waals surface area contributed by atoms with Crippen LogP contribution in [0.3, 0.4) is 0 Å². The summed E-state index contributed by atoms with van der Waals surface area (Å²) in [6.45, 7) is 9.73. The van der Waals surface area contributed by atoms with Gasteiger partial charge in [-0.05, 0) is 0 Å². The Morgan fingerprint density at radius 1 is 0.692 bits per heavy atom. The lowest BCUT2D eigenvalue weighted by atomic mass is 10.2. The van der Waals surface area contributed by atoms with E-state index in [0.717, 1.165) is 0 Å². The average Bonchev–Trinajstić information content (AvgIpc) is 2.09. The molecular formula is C12H28Si. The van der Waals surface area contributed by atoms with E-state index in [1.807, 2.05) is 0 Å². The number of hydrogen-bond acceptors (Lipinski definition) is 0. The molecule has 0 aliphatic rings. The maximum Gasteiger partial charge on any atom is 0.0473 e. The Morgan fingerprint density at radius 3 is 1.77 bits per heavy atom. The lowest BCUT2D eigenvalue weighted by molar-refractivity contribution is 0.694. The highest BCUT2D eigenvalue weighted by Crippen LogP contribution is 2.21. The van der Waals surface area contributed by atoms with E-state index in [1.165, 1.54) is 38.5 Å². The Balaban J connectivity index is 3.39. The summed E-state index contributed by atoms with van der Waals surface area (Å²) in [6, 6.07) is 3.11. The van der Waals surface area contributed by atoms with Gasteiger partial charge >= 0.3 is 0 Å². The fourth-order valence-corrected chi connectivity index (χ4v) is 4.58. The average molecular weight is 200 g/mol. The zero-order chi connectivity index (χ0) is 10.2. The van der Waals surface area contributed by atoms with Crippen molar-refractivity contribution in [3.8, 4) is 0 Å². The normalized spacial score (nSPS) is 12.0. The third kappa shape index (κ3) is 8.54. The predicted molar refractivity (Wildman–Crippen MR) is 66.1 cm³/mol. The van der Waals surface area contributed by atoms with E-state index in [2.05, 4.69) is 26.9 Å². The second-order valence-corrected chi connectivity index (χ2v) is 10.4. The van der Waals surface area contributed by atoms with E-state index in [0.29, 0.717) is 0 Å². The molecule has 0 rings (SSSR count). The number of rotatable bonds is 8. The van der Waals surface area contributed by atoms with Gasteiger partial charge in [0, 0.05) is 8.07 Å². The topological polar surface area (TPSA) is 0 Å². The van der Waals surface area contributed by atoms with Crippen molar-refractivity contribution in [3.05, 3.63) is 0 Å². The highest BCUT2D eigenvalue weighted by Gasteiger charge is 2.18. The summed E-state index contributed by atoms with van der Waals surface area (Å²) in [6.07, 6.45) is 8.63. The quantitative estimate of drug-likeness (QED) is 0.379. The molecule has 0 atom stereocenters. The highest BCUT2D eigenvalue weighted by molar-refractivity contribution is 6.77. The minimum absolute atomic E-state index is 0.774. The molecule has 0 aliphatic heterocycles. The minimum atomic E-state index is -0.774. The van der Waals surface area contributed by atoms with Gasteiger partial charge in [0.1, 0.15) is 0 Å². The lowest BCUT2D eigenvalue weighted by Gasteiger charge is -2.21. The Hall–Kier alpha value is 0.217. The maximum atomic E-state index is 2.56. The Bertz CT molecular complexity index is 108. The van der Waals surface area contributed by atoms with Crippen LogP contribution in [0.4, 0.5) is 0 Å². The van der Waals surface area contributed by atoms with Crippen molar-refractivity contribution in [1.82, 2.24) is 0 Å². The maximum absolute atomic E-state index is 2.56. The van der Waals surface area contributed by atoms with E-state index in [4.69, 9.17) is 0 Å². The zero-order valence-corrected chi connectivity index (χ0v) is 11.2. The SMILES string of the molecule is CCCCCC[Si](C)(C)CCCC. The van der Waals surface area contributed by atoms with Crippen LogP contribution < -0.4 is 0 Å². The van der Waals surface area contributed by atoms with Crippen LogP contribution in [0.5, 0.6) is 0 Å². The Labute approximate surface area is 86.1 Å². The first kappa shape index (κ1) is 13.2. The van der Waals surface area contributed by atoms with Gasteiger partial charge in [0.2, 0.25) is 0 Å². The van der Waals surface area contributed by atoms with Gasteiger partial charge in [-0.15, -0.1) is 0 Å². The second kappa shape index (κ2) is 7.60. The molecule has 0 spiro atoms. The third-order valence-corrected chi connectivity index (χ3v) is 6.33. The molecule has 13 heavy (non-hydrogen) atoms. The highest BCUT2D eigenvalue weighted by atomic mass is 28.3. The Kier molecular flexibility index (Phi) is 7.73. The van der Waals surface area contributed by atoms with Gasteiger partial charge in [-0.1, -0.05) is 77.6 Å². The van der Waals surface area contributed by atoms with Crippen LogP contribution in [0.25, 0.3) is 0 Å². The molecule has 0 saturated carbocycles. The predicted octanol–water partition coefficient (Wildman–Crippen LogP) is 5.08. The van der Waals surface area contributed by atoms with Crippen molar-refractivity contribution in [2.75, 3.05) is 0 Å². The summed E-state index contributed by atoms with van der Waals surface area (Å²) in [5, 5.41) is 0. The molecule has 0 aromatic carbocycles. The van der Waals surface area contributed by atoms with Gasteiger partial charge in [-0.25, -0.2) is 0 Å². The summed E-state index contributed by atoms with van der Waals surface area (Å²) >= 11 is 0. The molecule has 0 heterocycles. The summed E-state index contributed by atoms with van der Waals surface area (Å²) in [5.41, 5.74) is 0. The molecule has 0 aromatic heterocycles. The molecule has 80 valence electrons. The standard InChI is InChI=1S/C12H28Si/c1-5-7-9-10-12-13(3,4)11-8-6-2/h5-12H2,1-4H3. The summed E-state index contributed by atoms with van der Waals surface area (Å²) in [4.78, 5) is 0. The van der Waals surface area contributed by atoms with E-state index in [-0.39, 0.29) is 0 Å². The molecule has 0 amide bonds. The molecule has 1 heteroatoms. The van der Waals surface area contributed by atoms with Crippen molar-refractivity contribution in [2.45, 2.75) is 77.6 Å². The summed E-state index contributed by atoms with van der Waals surface area (Å²) < 4.78 is 0. The fourth-order valence-electron chi connectivity index (χ4n) is 1.81. The number of unbranched alkanes of at least 4 members (excludes halogenated alkanes) is 4. The van der Waals surface area contributed by atoms with E-state index >= 15 is 0 Å².